The molecule has 1 atom stereocenters. The van der Waals surface area contributed by atoms with Gasteiger partial charge in [0, 0.05) is 23.8 Å². The van der Waals surface area contributed by atoms with E-state index >= 15 is 0 Å². The number of likely N-dealkylation sites (N-methyl/N-ethyl adjacent to an activating group) is 1. The molecular weight excluding hydrogens is 322 g/mol. The maximum Gasteiger partial charge on any atom is 0.337 e. The Labute approximate surface area is 148 Å². The Morgan fingerprint density at radius 1 is 1.36 bits per heavy atom. The number of hydrogen-bond donors (Lipinski definition) is 2. The van der Waals surface area contributed by atoms with Gasteiger partial charge in [-0.2, -0.15) is 0 Å². The second kappa shape index (κ2) is 8.53. The summed E-state index contributed by atoms with van der Waals surface area (Å²) in [4.78, 5) is 25.8. The fraction of sp³-hybridized carbons (Fsp3) is 0.444. The number of esters is 1. The topological polar surface area (TPSA) is 79.9 Å². The van der Waals surface area contributed by atoms with Gasteiger partial charge in [-0.15, -0.1) is 0 Å². The van der Waals surface area contributed by atoms with Gasteiger partial charge in [0.15, 0.2) is 0 Å². The molecule has 2 amide bonds. The normalized spacial score (nSPS) is 15.5. The molecule has 1 aliphatic rings. The highest BCUT2D eigenvalue weighted by Crippen LogP contribution is 2.28. The minimum Gasteiger partial charge on any atom is -0.496 e. The summed E-state index contributed by atoms with van der Waals surface area (Å²) in [5, 5.41) is 5.33. The molecule has 0 saturated heterocycles. The zero-order valence-electron chi connectivity index (χ0n) is 15.1. The molecule has 25 heavy (non-hydrogen) atoms. The summed E-state index contributed by atoms with van der Waals surface area (Å²) in [7, 11) is 3.57. The van der Waals surface area contributed by atoms with E-state index in [-0.39, 0.29) is 25.2 Å². The van der Waals surface area contributed by atoms with Crippen LogP contribution in [0, 0.1) is 0 Å². The number of carbonyl (C=O) groups excluding carboxylic acids is 2. The average Bonchev–Trinajstić information content (AvgIpc) is 2.61. The van der Waals surface area contributed by atoms with Crippen LogP contribution >= 0.6 is 0 Å². The lowest BCUT2D eigenvalue weighted by Crippen LogP contribution is -2.46. The number of benzene rings is 1. The van der Waals surface area contributed by atoms with Crippen molar-refractivity contribution < 1.29 is 19.1 Å². The van der Waals surface area contributed by atoms with Crippen molar-refractivity contribution in [3.63, 3.8) is 0 Å². The van der Waals surface area contributed by atoms with Gasteiger partial charge in [0.05, 0.1) is 25.8 Å². The smallest absolute Gasteiger partial charge is 0.337 e. The Bertz CT molecular complexity index is 672. The number of para-hydroxylation sites is 1. The number of nitrogens with one attached hydrogen (secondary N) is 2. The Morgan fingerprint density at radius 2 is 2.08 bits per heavy atom. The zero-order chi connectivity index (χ0) is 18.4. The highest BCUT2D eigenvalue weighted by atomic mass is 16.5. The number of nitrogens with zero attached hydrogens (tertiary/aromatic N) is 1. The van der Waals surface area contributed by atoms with Crippen molar-refractivity contribution in [1.82, 2.24) is 15.5 Å². The quantitative estimate of drug-likeness (QED) is 0.736. The molecule has 2 rings (SSSR count). The van der Waals surface area contributed by atoms with Gasteiger partial charge in [0.1, 0.15) is 5.75 Å². The average molecular weight is 347 g/mol. The largest absolute Gasteiger partial charge is 0.496 e. The number of ether oxygens (including phenoxy) is 2. The van der Waals surface area contributed by atoms with Crippen LogP contribution in [0.15, 0.2) is 35.5 Å². The standard InChI is InChI=1S/C18H25N3O4/c1-5-25-17(22)14-10-19-18(23)20-15(14)11-21(3)12(2)13-8-6-7-9-16(13)24-4/h6-9,12H,5,10-11H2,1-4H3,(H2,19,20,23). The number of carbonyl (C=O) groups is 2. The summed E-state index contributed by atoms with van der Waals surface area (Å²) in [6.07, 6.45) is 0. The molecule has 1 aliphatic heterocycles. The maximum atomic E-state index is 12.1. The third kappa shape index (κ3) is 4.51. The first-order chi connectivity index (χ1) is 12.0. The number of amides is 2. The van der Waals surface area contributed by atoms with Crippen molar-refractivity contribution in [3.05, 3.63) is 41.1 Å². The summed E-state index contributed by atoms with van der Waals surface area (Å²) in [5.74, 6) is 0.388. The van der Waals surface area contributed by atoms with Gasteiger partial charge >= 0.3 is 12.0 Å². The summed E-state index contributed by atoms with van der Waals surface area (Å²) in [6, 6.07) is 7.50. The molecule has 7 heteroatoms. The van der Waals surface area contributed by atoms with Crippen LogP contribution in [0.2, 0.25) is 0 Å². The van der Waals surface area contributed by atoms with Crippen LogP contribution < -0.4 is 15.4 Å². The Morgan fingerprint density at radius 3 is 2.76 bits per heavy atom. The summed E-state index contributed by atoms with van der Waals surface area (Å²) < 4.78 is 10.5. The predicted molar refractivity (Wildman–Crippen MR) is 94.2 cm³/mol. The Hall–Kier alpha value is -2.54. The van der Waals surface area contributed by atoms with Gasteiger partial charge in [-0.25, -0.2) is 9.59 Å². The lowest BCUT2D eigenvalue weighted by atomic mass is 10.0. The van der Waals surface area contributed by atoms with E-state index in [0.29, 0.717) is 17.8 Å². The molecular formula is C18H25N3O4. The van der Waals surface area contributed by atoms with E-state index in [9.17, 15) is 9.59 Å². The second-order valence-corrected chi connectivity index (χ2v) is 5.82. The molecule has 1 unspecified atom stereocenters. The highest BCUT2D eigenvalue weighted by Gasteiger charge is 2.26. The molecule has 0 spiro atoms. The van der Waals surface area contributed by atoms with E-state index in [4.69, 9.17) is 9.47 Å². The van der Waals surface area contributed by atoms with Gasteiger partial charge in [-0.05, 0) is 27.0 Å². The summed E-state index contributed by atoms with van der Waals surface area (Å²) in [5.41, 5.74) is 2.04. The minimum atomic E-state index is -0.414. The van der Waals surface area contributed by atoms with Crippen molar-refractivity contribution >= 4 is 12.0 Å². The highest BCUT2D eigenvalue weighted by molar-refractivity contribution is 5.93. The monoisotopic (exact) mass is 347 g/mol. The third-order valence-electron chi connectivity index (χ3n) is 4.23. The number of methoxy groups -OCH3 is 1. The Kier molecular flexibility index (Phi) is 6.41. The first kappa shape index (κ1) is 18.8. The van der Waals surface area contributed by atoms with Crippen LogP contribution in [0.1, 0.15) is 25.5 Å². The SMILES string of the molecule is CCOC(=O)C1=C(CN(C)C(C)c2ccccc2OC)NC(=O)NC1. The molecule has 1 heterocycles. The minimum absolute atomic E-state index is 0.0267. The van der Waals surface area contributed by atoms with E-state index in [1.807, 2.05) is 43.1 Å². The van der Waals surface area contributed by atoms with E-state index < -0.39 is 5.97 Å². The fourth-order valence-corrected chi connectivity index (χ4v) is 2.72. The number of urea groups is 1. The van der Waals surface area contributed by atoms with Crippen molar-refractivity contribution in [2.75, 3.05) is 33.9 Å². The van der Waals surface area contributed by atoms with Crippen molar-refractivity contribution in [2.45, 2.75) is 19.9 Å². The van der Waals surface area contributed by atoms with Gasteiger partial charge < -0.3 is 20.1 Å². The van der Waals surface area contributed by atoms with E-state index in [0.717, 1.165) is 11.3 Å². The van der Waals surface area contributed by atoms with Crippen LogP contribution in [0.25, 0.3) is 0 Å². The zero-order valence-corrected chi connectivity index (χ0v) is 15.1. The Balaban J connectivity index is 2.21. The van der Waals surface area contributed by atoms with Crippen LogP contribution in [-0.4, -0.2) is 50.8 Å². The molecule has 1 aromatic rings. The van der Waals surface area contributed by atoms with Crippen molar-refractivity contribution in [1.29, 1.82) is 0 Å². The third-order valence-corrected chi connectivity index (χ3v) is 4.23. The van der Waals surface area contributed by atoms with Gasteiger partial charge in [0.2, 0.25) is 0 Å². The first-order valence-electron chi connectivity index (χ1n) is 8.25. The maximum absolute atomic E-state index is 12.1. The molecule has 136 valence electrons. The molecule has 1 aromatic carbocycles. The van der Waals surface area contributed by atoms with Crippen LogP contribution in [0.5, 0.6) is 5.75 Å². The van der Waals surface area contributed by atoms with Crippen LogP contribution in [-0.2, 0) is 9.53 Å². The lowest BCUT2D eigenvalue weighted by molar-refractivity contribution is -0.138. The molecule has 7 nitrogen and oxygen atoms in total. The molecule has 0 bridgehead atoms. The molecule has 0 aliphatic carbocycles. The number of rotatable bonds is 7. The lowest BCUT2D eigenvalue weighted by Gasteiger charge is -2.30. The molecule has 0 aromatic heterocycles. The van der Waals surface area contributed by atoms with Crippen LogP contribution in [0.3, 0.4) is 0 Å². The van der Waals surface area contributed by atoms with Crippen molar-refractivity contribution in [2.24, 2.45) is 0 Å². The first-order valence-corrected chi connectivity index (χ1v) is 8.25. The van der Waals surface area contributed by atoms with Gasteiger partial charge in [0.25, 0.3) is 0 Å². The molecule has 2 N–H and O–H groups in total. The van der Waals surface area contributed by atoms with Crippen LogP contribution in [0.4, 0.5) is 4.79 Å². The van der Waals surface area contributed by atoms with Gasteiger partial charge in [-0.1, -0.05) is 18.2 Å². The molecule has 0 saturated carbocycles. The molecule has 0 radical (unpaired) electrons. The summed E-state index contributed by atoms with van der Waals surface area (Å²) in [6.45, 7) is 4.66. The second-order valence-electron chi connectivity index (χ2n) is 5.82. The fourth-order valence-electron chi connectivity index (χ4n) is 2.72. The van der Waals surface area contributed by atoms with E-state index in [2.05, 4.69) is 10.6 Å². The number of hydrogen-bond acceptors (Lipinski definition) is 5. The van der Waals surface area contributed by atoms with E-state index in [1.165, 1.54) is 0 Å². The summed E-state index contributed by atoms with van der Waals surface area (Å²) >= 11 is 0. The predicted octanol–water partition coefficient (Wildman–Crippen LogP) is 1.82. The van der Waals surface area contributed by atoms with E-state index in [1.54, 1.807) is 14.0 Å². The van der Waals surface area contributed by atoms with Crippen molar-refractivity contribution in [3.8, 4) is 5.75 Å². The molecule has 0 fully saturated rings. The van der Waals surface area contributed by atoms with Gasteiger partial charge in [-0.3, -0.25) is 4.90 Å².